The number of hydrogen-bond donors (Lipinski definition) is 2. The Labute approximate surface area is 196 Å². The van der Waals surface area contributed by atoms with Crippen LogP contribution in [0.25, 0.3) is 0 Å². The van der Waals surface area contributed by atoms with Crippen molar-refractivity contribution in [2.45, 2.75) is 11.8 Å². The average Bonchev–Trinajstić information content (AvgIpc) is 2.77. The molecule has 0 aromatic heterocycles. The number of rotatable bonds is 8. The molecule has 1 heterocycles. The molecule has 0 spiro atoms. The van der Waals surface area contributed by atoms with Crippen molar-refractivity contribution in [3.05, 3.63) is 53.1 Å². The van der Waals surface area contributed by atoms with Crippen LogP contribution >= 0.6 is 23.4 Å². The van der Waals surface area contributed by atoms with Crippen molar-refractivity contribution < 1.29 is 22.7 Å². The Kier molecular flexibility index (Phi) is 8.41. The molecule has 32 heavy (non-hydrogen) atoms. The summed E-state index contributed by atoms with van der Waals surface area (Å²) < 4.78 is 33.4. The van der Waals surface area contributed by atoms with Crippen LogP contribution in [-0.2, 0) is 24.3 Å². The summed E-state index contributed by atoms with van der Waals surface area (Å²) in [5.41, 5.74) is 1.27. The molecule has 2 N–H and O–H groups in total. The highest BCUT2D eigenvalue weighted by molar-refractivity contribution is 8.00. The molecule has 8 nitrogen and oxygen atoms in total. The molecule has 1 aliphatic heterocycles. The molecule has 0 unspecified atom stereocenters. The maximum absolute atomic E-state index is 12.8. The van der Waals surface area contributed by atoms with Crippen LogP contribution in [0, 0.1) is 6.92 Å². The van der Waals surface area contributed by atoms with E-state index in [9.17, 15) is 18.0 Å². The molecule has 0 atom stereocenters. The molecule has 2 amide bonds. The van der Waals surface area contributed by atoms with Gasteiger partial charge in [0, 0.05) is 29.5 Å². The van der Waals surface area contributed by atoms with Crippen molar-refractivity contribution in [2.75, 3.05) is 47.8 Å². The summed E-state index contributed by atoms with van der Waals surface area (Å²) in [7, 11) is -3.87. The largest absolute Gasteiger partial charge is 0.378 e. The van der Waals surface area contributed by atoms with E-state index in [-0.39, 0.29) is 28.2 Å². The van der Waals surface area contributed by atoms with Crippen molar-refractivity contribution in [3.63, 3.8) is 0 Å². The molecule has 11 heteroatoms. The Hall–Kier alpha value is -2.27. The first kappa shape index (κ1) is 24.4. The Bertz CT molecular complexity index is 1070. The molecule has 0 radical (unpaired) electrons. The normalized spacial score (nSPS) is 14.1. The second-order valence-corrected chi connectivity index (χ2v) is 10.2. The minimum atomic E-state index is -3.87. The number of carbonyl (C=O) groups is 2. The lowest BCUT2D eigenvalue weighted by molar-refractivity contribution is -0.132. The number of thioether (sulfide) groups is 1. The van der Waals surface area contributed by atoms with Crippen LogP contribution in [0.2, 0.25) is 5.02 Å². The van der Waals surface area contributed by atoms with Gasteiger partial charge in [-0.2, -0.15) is 0 Å². The number of halogens is 1. The van der Waals surface area contributed by atoms with Crippen molar-refractivity contribution in [1.29, 1.82) is 0 Å². The van der Waals surface area contributed by atoms with E-state index < -0.39 is 10.0 Å². The third kappa shape index (κ3) is 6.86. The van der Waals surface area contributed by atoms with E-state index in [1.807, 2.05) is 0 Å². The monoisotopic (exact) mass is 497 g/mol. The van der Waals surface area contributed by atoms with Crippen molar-refractivity contribution in [1.82, 2.24) is 4.90 Å². The van der Waals surface area contributed by atoms with Crippen LogP contribution in [0.5, 0.6) is 0 Å². The summed E-state index contributed by atoms with van der Waals surface area (Å²) in [6, 6.07) is 11.0. The van der Waals surface area contributed by atoms with Gasteiger partial charge < -0.3 is 15.0 Å². The van der Waals surface area contributed by atoms with Gasteiger partial charge in [0.2, 0.25) is 11.8 Å². The molecule has 1 aliphatic rings. The summed E-state index contributed by atoms with van der Waals surface area (Å²) in [6.45, 7) is 3.87. The number of nitrogens with one attached hydrogen (secondary N) is 2. The van der Waals surface area contributed by atoms with E-state index in [0.717, 1.165) is 0 Å². The fourth-order valence-corrected chi connectivity index (χ4v) is 5.20. The lowest BCUT2D eigenvalue weighted by Crippen LogP contribution is -2.41. The zero-order chi connectivity index (χ0) is 23.1. The molecule has 0 aliphatic carbocycles. The van der Waals surface area contributed by atoms with Crippen LogP contribution in [0.4, 0.5) is 11.4 Å². The van der Waals surface area contributed by atoms with Gasteiger partial charge in [-0.15, -0.1) is 11.8 Å². The fraction of sp³-hybridized carbons (Fsp3) is 0.333. The molecule has 0 bridgehead atoms. The lowest BCUT2D eigenvalue weighted by Gasteiger charge is -2.26. The third-order valence-corrected chi connectivity index (χ3v) is 7.37. The molecular weight excluding hydrogens is 474 g/mol. The number of nitrogens with zero attached hydrogens (tertiary/aromatic N) is 1. The highest BCUT2D eigenvalue weighted by Gasteiger charge is 2.19. The summed E-state index contributed by atoms with van der Waals surface area (Å²) in [4.78, 5) is 26.2. The van der Waals surface area contributed by atoms with E-state index in [4.69, 9.17) is 16.3 Å². The molecule has 0 saturated carbocycles. The molecule has 172 valence electrons. The van der Waals surface area contributed by atoms with Crippen molar-refractivity contribution in [2.24, 2.45) is 0 Å². The van der Waals surface area contributed by atoms with Gasteiger partial charge in [0.15, 0.2) is 0 Å². The van der Waals surface area contributed by atoms with E-state index in [2.05, 4.69) is 10.0 Å². The Morgan fingerprint density at radius 1 is 1.06 bits per heavy atom. The smallest absolute Gasteiger partial charge is 0.262 e. The van der Waals surface area contributed by atoms with Gasteiger partial charge in [-0.3, -0.25) is 14.3 Å². The predicted molar refractivity (Wildman–Crippen MR) is 127 cm³/mol. The fourth-order valence-electron chi connectivity index (χ4n) is 3.03. The maximum Gasteiger partial charge on any atom is 0.262 e. The zero-order valence-electron chi connectivity index (χ0n) is 17.5. The van der Waals surface area contributed by atoms with Gasteiger partial charge in [0.05, 0.1) is 29.6 Å². The van der Waals surface area contributed by atoms with Crippen LogP contribution in [0.15, 0.2) is 47.4 Å². The first-order chi connectivity index (χ1) is 15.2. The quantitative estimate of drug-likeness (QED) is 0.581. The standard InChI is InChI=1S/C21H24ClN3O5S2/c1-15-2-5-18(12-19(15)32(28,29)24-17-6-3-16(22)4-7-17)23-20(26)13-31-14-21(27)25-8-10-30-11-9-25/h2-7,12,24H,8-11,13-14H2,1H3,(H,23,26). The summed E-state index contributed by atoms with van der Waals surface area (Å²) >= 11 is 7.05. The molecule has 3 rings (SSSR count). The number of sulfonamides is 1. The van der Waals surface area contributed by atoms with Crippen LogP contribution in [0.1, 0.15) is 5.56 Å². The first-order valence-corrected chi connectivity index (χ1v) is 12.9. The van der Waals surface area contributed by atoms with Gasteiger partial charge in [-0.25, -0.2) is 8.42 Å². The van der Waals surface area contributed by atoms with E-state index in [0.29, 0.717) is 48.3 Å². The van der Waals surface area contributed by atoms with E-state index >= 15 is 0 Å². The molecule has 2 aromatic rings. The number of ether oxygens (including phenoxy) is 1. The molecule has 2 aromatic carbocycles. The first-order valence-electron chi connectivity index (χ1n) is 9.87. The predicted octanol–water partition coefficient (Wildman–Crippen LogP) is 2.98. The third-order valence-electron chi connectivity index (χ3n) is 4.68. The topological polar surface area (TPSA) is 105 Å². The average molecular weight is 498 g/mol. The number of morpholine rings is 1. The highest BCUT2D eigenvalue weighted by atomic mass is 35.5. The van der Waals surface area contributed by atoms with E-state index in [1.54, 1.807) is 48.2 Å². The van der Waals surface area contributed by atoms with Gasteiger partial charge in [0.1, 0.15) is 0 Å². The van der Waals surface area contributed by atoms with Gasteiger partial charge in [0.25, 0.3) is 10.0 Å². The number of anilines is 2. The minimum absolute atomic E-state index is 0.0249. The zero-order valence-corrected chi connectivity index (χ0v) is 19.9. The lowest BCUT2D eigenvalue weighted by atomic mass is 10.2. The molecular formula is C21H24ClN3O5S2. The van der Waals surface area contributed by atoms with Crippen molar-refractivity contribution in [3.8, 4) is 0 Å². The highest BCUT2D eigenvalue weighted by Crippen LogP contribution is 2.24. The molecule has 1 saturated heterocycles. The van der Waals surface area contributed by atoms with Gasteiger partial charge >= 0.3 is 0 Å². The molecule has 1 fully saturated rings. The number of benzene rings is 2. The van der Waals surface area contributed by atoms with Crippen molar-refractivity contribution >= 4 is 56.6 Å². The van der Waals surface area contributed by atoms with E-state index in [1.165, 1.54) is 17.8 Å². The SMILES string of the molecule is Cc1ccc(NC(=O)CSCC(=O)N2CCOCC2)cc1S(=O)(=O)Nc1ccc(Cl)cc1. The minimum Gasteiger partial charge on any atom is -0.378 e. The Morgan fingerprint density at radius 3 is 2.41 bits per heavy atom. The second kappa shape index (κ2) is 11.0. The van der Waals surface area contributed by atoms with Crippen LogP contribution < -0.4 is 10.0 Å². The van der Waals surface area contributed by atoms with Crippen LogP contribution in [0.3, 0.4) is 0 Å². The maximum atomic E-state index is 12.8. The van der Waals surface area contributed by atoms with Crippen LogP contribution in [-0.4, -0.2) is 62.9 Å². The summed E-state index contributed by atoms with van der Waals surface area (Å²) in [5.74, 6) is -0.0631. The Morgan fingerprint density at radius 2 is 1.72 bits per heavy atom. The number of carbonyl (C=O) groups excluding carboxylic acids is 2. The number of amides is 2. The second-order valence-electron chi connectivity index (χ2n) is 7.13. The summed E-state index contributed by atoms with van der Waals surface area (Å²) in [6.07, 6.45) is 0. The number of aryl methyl sites for hydroxylation is 1. The van der Waals surface area contributed by atoms with Gasteiger partial charge in [-0.1, -0.05) is 17.7 Å². The number of hydrogen-bond acceptors (Lipinski definition) is 6. The summed E-state index contributed by atoms with van der Waals surface area (Å²) in [5, 5.41) is 3.19. The van der Waals surface area contributed by atoms with Gasteiger partial charge in [-0.05, 0) is 48.9 Å². The Balaban J connectivity index is 1.57.